The van der Waals surface area contributed by atoms with Crippen LogP contribution in [0.15, 0.2) is 66.7 Å². The van der Waals surface area contributed by atoms with Crippen molar-refractivity contribution in [2.75, 3.05) is 0 Å². The molecule has 30 heavy (non-hydrogen) atoms. The number of rotatable bonds is 2. The van der Waals surface area contributed by atoms with Crippen molar-refractivity contribution in [1.82, 2.24) is 0 Å². The van der Waals surface area contributed by atoms with Gasteiger partial charge in [-0.05, 0) is 51.8 Å². The van der Waals surface area contributed by atoms with Crippen molar-refractivity contribution in [2.45, 2.75) is 25.3 Å². The Hall–Kier alpha value is -3.80. The zero-order valence-electron chi connectivity index (χ0n) is 16.1. The first-order valence-corrected chi connectivity index (χ1v) is 9.86. The molecule has 0 saturated heterocycles. The molecule has 2 aliphatic carbocycles. The number of benzene rings is 4. The van der Waals surface area contributed by atoms with Crippen molar-refractivity contribution < 1.29 is 9.85 Å². The number of nitro groups is 2. The molecule has 0 fully saturated rings. The molecule has 148 valence electrons. The van der Waals surface area contributed by atoms with Crippen molar-refractivity contribution in [3.05, 3.63) is 109 Å². The highest BCUT2D eigenvalue weighted by molar-refractivity contribution is 5.97. The van der Waals surface area contributed by atoms with Gasteiger partial charge < -0.3 is 0 Å². The molecule has 0 heterocycles. The maximum Gasteiger partial charge on any atom is 0.277 e. The highest BCUT2D eigenvalue weighted by Gasteiger charge is 2.32. The van der Waals surface area contributed by atoms with E-state index in [1.807, 2.05) is 54.6 Å². The van der Waals surface area contributed by atoms with Gasteiger partial charge in [0.2, 0.25) is 6.04 Å². The predicted molar refractivity (Wildman–Crippen MR) is 115 cm³/mol. The number of aryl methyl sites for hydroxylation is 2. The van der Waals surface area contributed by atoms with Gasteiger partial charge >= 0.3 is 0 Å². The molecule has 0 bridgehead atoms. The van der Waals surface area contributed by atoms with Crippen LogP contribution >= 0.6 is 0 Å². The van der Waals surface area contributed by atoms with E-state index in [9.17, 15) is 20.2 Å². The summed E-state index contributed by atoms with van der Waals surface area (Å²) in [6.07, 6.45) is 2.55. The monoisotopic (exact) mass is 398 g/mol. The molecule has 2 aliphatic rings. The first-order chi connectivity index (χ1) is 14.5. The van der Waals surface area contributed by atoms with Crippen LogP contribution in [0.4, 0.5) is 5.69 Å². The fraction of sp³-hybridized carbons (Fsp3) is 0.167. The van der Waals surface area contributed by atoms with Crippen LogP contribution in [0.25, 0.3) is 21.5 Å². The van der Waals surface area contributed by atoms with Gasteiger partial charge in [-0.15, -0.1) is 0 Å². The maximum atomic E-state index is 10.9. The van der Waals surface area contributed by atoms with Crippen LogP contribution in [-0.4, -0.2) is 9.85 Å². The molecule has 0 aliphatic heterocycles. The van der Waals surface area contributed by atoms with Crippen LogP contribution in [0.1, 0.15) is 28.3 Å². The molecule has 1 unspecified atom stereocenters. The Morgan fingerprint density at radius 3 is 2.13 bits per heavy atom. The fourth-order valence-electron chi connectivity index (χ4n) is 4.79. The molecular formula is C24H18N2O4. The first kappa shape index (κ1) is 18.2. The largest absolute Gasteiger partial charge is 0.277 e. The molecule has 4 aromatic carbocycles. The van der Waals surface area contributed by atoms with Crippen LogP contribution in [0.3, 0.4) is 0 Å². The number of hydrogen-bond donors (Lipinski definition) is 0. The number of hydrogen-bond acceptors (Lipinski definition) is 4. The van der Waals surface area contributed by atoms with E-state index in [1.165, 1.54) is 11.1 Å². The van der Waals surface area contributed by atoms with Crippen molar-refractivity contribution >= 4 is 27.2 Å². The Kier molecular flexibility index (Phi) is 4.20. The van der Waals surface area contributed by atoms with Crippen molar-refractivity contribution in [3.63, 3.8) is 0 Å². The Morgan fingerprint density at radius 2 is 1.40 bits per heavy atom. The summed E-state index contributed by atoms with van der Waals surface area (Å²) in [5.41, 5.74) is 4.67. The lowest BCUT2D eigenvalue weighted by molar-refractivity contribution is -0.527. The minimum atomic E-state index is -0.550. The summed E-state index contributed by atoms with van der Waals surface area (Å²) in [4.78, 5) is 21.3. The molecule has 0 amide bonds. The van der Waals surface area contributed by atoms with E-state index in [1.54, 1.807) is 6.07 Å². The van der Waals surface area contributed by atoms with E-state index < -0.39 is 6.04 Å². The van der Waals surface area contributed by atoms with E-state index in [4.69, 9.17) is 0 Å². The van der Waals surface area contributed by atoms with Gasteiger partial charge in [-0.1, -0.05) is 54.6 Å². The molecule has 0 saturated carbocycles. The van der Waals surface area contributed by atoms with E-state index in [0.29, 0.717) is 6.42 Å². The number of nitrogens with zero attached hydrogens (tertiary/aromatic N) is 2. The molecule has 4 aromatic rings. The highest BCUT2D eigenvalue weighted by atomic mass is 16.6. The lowest BCUT2D eigenvalue weighted by atomic mass is 10.0. The van der Waals surface area contributed by atoms with Crippen molar-refractivity contribution in [1.29, 1.82) is 0 Å². The van der Waals surface area contributed by atoms with Gasteiger partial charge in [-0.2, -0.15) is 0 Å². The summed E-state index contributed by atoms with van der Waals surface area (Å²) >= 11 is 0. The van der Waals surface area contributed by atoms with Crippen LogP contribution in [0, 0.1) is 20.2 Å². The third-order valence-electron chi connectivity index (χ3n) is 6.10. The molecule has 1 atom stereocenters. The quantitative estimate of drug-likeness (QED) is 0.327. The van der Waals surface area contributed by atoms with Gasteiger partial charge in [-0.25, -0.2) is 0 Å². The van der Waals surface area contributed by atoms with E-state index in [2.05, 4.69) is 6.07 Å². The van der Waals surface area contributed by atoms with Gasteiger partial charge in [0.15, 0.2) is 0 Å². The first-order valence-electron chi connectivity index (χ1n) is 9.86. The second-order valence-corrected chi connectivity index (χ2v) is 7.71. The van der Waals surface area contributed by atoms with Crippen LogP contribution in [0.2, 0.25) is 0 Å². The third kappa shape index (κ3) is 2.80. The summed E-state index contributed by atoms with van der Waals surface area (Å²) in [6, 6.07) is 20.5. The van der Waals surface area contributed by atoms with Crippen molar-refractivity contribution in [3.8, 4) is 0 Å². The third-order valence-corrected chi connectivity index (χ3v) is 6.10. The molecule has 0 radical (unpaired) electrons. The second kappa shape index (κ2) is 6.91. The highest BCUT2D eigenvalue weighted by Crippen LogP contribution is 2.38. The minimum Gasteiger partial charge on any atom is -0.264 e. The summed E-state index contributed by atoms with van der Waals surface area (Å²) in [6.45, 7) is 0. The summed E-state index contributed by atoms with van der Waals surface area (Å²) in [5, 5.41) is 25.9. The molecule has 6 nitrogen and oxygen atoms in total. The smallest absolute Gasteiger partial charge is 0.264 e. The van der Waals surface area contributed by atoms with Crippen LogP contribution in [0.5, 0.6) is 0 Å². The lowest BCUT2D eigenvalue weighted by Gasteiger charge is -2.02. The average Bonchev–Trinajstić information content (AvgIpc) is 3.34. The molecule has 6 heteroatoms. The Bertz CT molecular complexity index is 1330. The fourth-order valence-corrected chi connectivity index (χ4v) is 4.79. The predicted octanol–water partition coefficient (Wildman–Crippen LogP) is 5.56. The molecule has 0 spiro atoms. The van der Waals surface area contributed by atoms with E-state index in [-0.39, 0.29) is 15.5 Å². The van der Waals surface area contributed by atoms with Gasteiger partial charge in [-0.3, -0.25) is 20.2 Å². The topological polar surface area (TPSA) is 86.3 Å². The van der Waals surface area contributed by atoms with Gasteiger partial charge in [0.25, 0.3) is 5.69 Å². The summed E-state index contributed by atoms with van der Waals surface area (Å²) < 4.78 is 0. The minimum absolute atomic E-state index is 0.186. The molecule has 6 rings (SSSR count). The number of nitro benzene ring substituents is 1. The van der Waals surface area contributed by atoms with Gasteiger partial charge in [0.05, 0.1) is 10.3 Å². The Balaban J connectivity index is 0.000000128. The van der Waals surface area contributed by atoms with E-state index in [0.717, 1.165) is 45.5 Å². The van der Waals surface area contributed by atoms with Gasteiger partial charge in [0, 0.05) is 23.0 Å². The summed E-state index contributed by atoms with van der Waals surface area (Å²) in [5.74, 6) is 0. The van der Waals surface area contributed by atoms with E-state index >= 15 is 0 Å². The molecule has 0 aromatic heterocycles. The number of non-ortho nitro benzene ring substituents is 1. The summed E-state index contributed by atoms with van der Waals surface area (Å²) in [7, 11) is 0. The zero-order chi connectivity index (χ0) is 20.8. The van der Waals surface area contributed by atoms with Crippen LogP contribution < -0.4 is 0 Å². The SMILES string of the molecule is O=[N+]([O-])C1Cc2cccc3cccc1c23.O=[N+]([O-])c1ccc2c3c(cccc13)CC2. The standard InChI is InChI=1S/2C12H9NO2/c14-13(15)11-7-9-5-1-3-8-4-2-6-10(11)12(8)9;14-13(15)11-7-6-9-5-4-8-2-1-3-10(11)12(8)9/h1-6,11H,7H2;1-3,6-7H,4-5H2. The van der Waals surface area contributed by atoms with Crippen molar-refractivity contribution in [2.24, 2.45) is 0 Å². The zero-order valence-corrected chi connectivity index (χ0v) is 16.1. The maximum absolute atomic E-state index is 10.9. The second-order valence-electron chi connectivity index (χ2n) is 7.71. The average molecular weight is 398 g/mol. The van der Waals surface area contributed by atoms with Crippen LogP contribution in [-0.2, 0) is 19.3 Å². The molecule has 0 N–H and O–H groups in total. The van der Waals surface area contributed by atoms with Gasteiger partial charge in [0.1, 0.15) is 0 Å². The normalized spacial score (nSPS) is 15.8. The Morgan fingerprint density at radius 1 is 0.733 bits per heavy atom. The lowest BCUT2D eigenvalue weighted by Crippen LogP contribution is -2.08. The molecular weight excluding hydrogens is 380 g/mol. The Labute approximate surface area is 172 Å².